The minimum Gasteiger partial charge on any atom is -0.378 e. The number of benzene rings is 1. The summed E-state index contributed by atoms with van der Waals surface area (Å²) in [4.78, 5) is 12.1. The number of halogens is 1. The number of nitrogens with one attached hydrogen (secondary N) is 2. The van der Waals surface area contributed by atoms with Gasteiger partial charge in [0.15, 0.2) is 0 Å². The second-order valence-electron chi connectivity index (χ2n) is 6.21. The molecule has 1 amide bonds. The summed E-state index contributed by atoms with van der Waals surface area (Å²) in [7, 11) is 0. The lowest BCUT2D eigenvalue weighted by Crippen LogP contribution is -2.48. The molecule has 1 aliphatic carbocycles. The van der Waals surface area contributed by atoms with Gasteiger partial charge >= 0.3 is 0 Å². The average Bonchev–Trinajstić information content (AvgIpc) is 2.48. The number of hydrogen-bond acceptors (Lipinski definition) is 3. The minimum atomic E-state index is 0. The fourth-order valence-electron chi connectivity index (χ4n) is 3.28. The Morgan fingerprint density at radius 3 is 2.68 bits per heavy atom. The molecule has 122 valence electrons. The van der Waals surface area contributed by atoms with Crippen LogP contribution in [0.5, 0.6) is 0 Å². The van der Waals surface area contributed by atoms with Crippen molar-refractivity contribution < 1.29 is 9.53 Å². The summed E-state index contributed by atoms with van der Waals surface area (Å²) in [6, 6.07) is 10.7. The van der Waals surface area contributed by atoms with Crippen molar-refractivity contribution in [2.45, 2.75) is 37.1 Å². The molecule has 1 saturated carbocycles. The molecular formula is C17H25ClN2O2. The predicted octanol–water partition coefficient (Wildman–Crippen LogP) is 2.02. The minimum absolute atomic E-state index is 0. The van der Waals surface area contributed by atoms with E-state index in [1.807, 2.05) is 6.07 Å². The summed E-state index contributed by atoms with van der Waals surface area (Å²) in [6.07, 6.45) is 4.10. The van der Waals surface area contributed by atoms with Crippen molar-refractivity contribution >= 4 is 18.3 Å². The van der Waals surface area contributed by atoms with Gasteiger partial charge in [-0.2, -0.15) is 0 Å². The Balaban J connectivity index is 0.00000176. The number of morpholine rings is 1. The fourth-order valence-corrected chi connectivity index (χ4v) is 3.28. The maximum atomic E-state index is 12.1. The van der Waals surface area contributed by atoms with E-state index >= 15 is 0 Å². The number of rotatable bonds is 5. The van der Waals surface area contributed by atoms with Crippen LogP contribution < -0.4 is 10.6 Å². The summed E-state index contributed by atoms with van der Waals surface area (Å²) >= 11 is 0. The molecule has 1 atom stereocenters. The van der Waals surface area contributed by atoms with Crippen LogP contribution in [0.25, 0.3) is 0 Å². The van der Waals surface area contributed by atoms with Crippen LogP contribution in [0.2, 0.25) is 0 Å². The molecule has 1 aromatic carbocycles. The van der Waals surface area contributed by atoms with Crippen molar-refractivity contribution in [1.82, 2.24) is 10.6 Å². The highest BCUT2D eigenvalue weighted by Gasteiger charge is 2.38. The zero-order valence-corrected chi connectivity index (χ0v) is 13.7. The van der Waals surface area contributed by atoms with Crippen LogP contribution in [0.15, 0.2) is 30.3 Å². The third-order valence-electron chi connectivity index (χ3n) is 4.75. The number of carbonyl (C=O) groups is 1. The number of hydrogen-bond donors (Lipinski definition) is 2. The molecule has 1 heterocycles. The maximum absolute atomic E-state index is 12.1. The van der Waals surface area contributed by atoms with E-state index in [-0.39, 0.29) is 29.8 Å². The molecule has 0 spiro atoms. The molecule has 1 saturated heterocycles. The first kappa shape index (κ1) is 17.3. The van der Waals surface area contributed by atoms with E-state index in [1.165, 1.54) is 24.8 Å². The van der Waals surface area contributed by atoms with Gasteiger partial charge in [0.1, 0.15) is 0 Å². The third kappa shape index (κ3) is 4.00. The molecule has 2 N–H and O–H groups in total. The Hall–Kier alpha value is -1.10. The van der Waals surface area contributed by atoms with Crippen molar-refractivity contribution in [2.75, 3.05) is 26.3 Å². The van der Waals surface area contributed by atoms with Gasteiger partial charge < -0.3 is 15.4 Å². The van der Waals surface area contributed by atoms with Crippen molar-refractivity contribution in [2.24, 2.45) is 0 Å². The Morgan fingerprint density at radius 2 is 2.09 bits per heavy atom. The molecule has 2 fully saturated rings. The Bertz CT molecular complexity index is 471. The molecule has 0 radical (unpaired) electrons. The lowest BCUT2D eigenvalue weighted by molar-refractivity contribution is -0.122. The van der Waals surface area contributed by atoms with E-state index in [0.717, 1.165) is 19.7 Å². The van der Waals surface area contributed by atoms with Gasteiger partial charge in [-0.05, 0) is 18.4 Å². The van der Waals surface area contributed by atoms with Crippen molar-refractivity contribution in [3.63, 3.8) is 0 Å². The Morgan fingerprint density at radius 1 is 1.32 bits per heavy atom. The quantitative estimate of drug-likeness (QED) is 0.871. The topological polar surface area (TPSA) is 50.4 Å². The SMILES string of the molecule is Cl.O=C(CC1COCCN1)NCC1(c2ccccc2)CCC1. The Kier molecular flexibility index (Phi) is 6.24. The zero-order valence-electron chi connectivity index (χ0n) is 12.8. The fraction of sp³-hybridized carbons (Fsp3) is 0.588. The van der Waals surface area contributed by atoms with Crippen LogP contribution in [0, 0.1) is 0 Å². The van der Waals surface area contributed by atoms with E-state index in [1.54, 1.807) is 0 Å². The summed E-state index contributed by atoms with van der Waals surface area (Å²) in [5.41, 5.74) is 1.52. The second-order valence-corrected chi connectivity index (χ2v) is 6.21. The Labute approximate surface area is 138 Å². The van der Waals surface area contributed by atoms with Gasteiger partial charge in [-0.1, -0.05) is 36.8 Å². The maximum Gasteiger partial charge on any atom is 0.221 e. The lowest BCUT2D eigenvalue weighted by Gasteiger charge is -2.42. The molecular weight excluding hydrogens is 300 g/mol. The van der Waals surface area contributed by atoms with E-state index in [2.05, 4.69) is 34.9 Å². The van der Waals surface area contributed by atoms with Gasteiger partial charge in [-0.15, -0.1) is 12.4 Å². The molecule has 1 aromatic rings. The average molecular weight is 325 g/mol. The van der Waals surface area contributed by atoms with Gasteiger partial charge in [0.25, 0.3) is 0 Å². The lowest BCUT2D eigenvalue weighted by atomic mass is 9.64. The molecule has 0 bridgehead atoms. The number of carbonyl (C=O) groups excluding carboxylic acids is 1. The molecule has 1 unspecified atom stereocenters. The van der Waals surface area contributed by atoms with Crippen molar-refractivity contribution in [3.05, 3.63) is 35.9 Å². The van der Waals surface area contributed by atoms with E-state index in [9.17, 15) is 4.79 Å². The number of ether oxygens (including phenoxy) is 1. The second kappa shape index (κ2) is 7.95. The highest BCUT2D eigenvalue weighted by Crippen LogP contribution is 2.43. The first-order chi connectivity index (χ1) is 10.3. The first-order valence-corrected chi connectivity index (χ1v) is 7.92. The van der Waals surface area contributed by atoms with Gasteiger partial charge in [0, 0.05) is 31.0 Å². The normalized spacial score (nSPS) is 23.0. The molecule has 22 heavy (non-hydrogen) atoms. The van der Waals surface area contributed by atoms with Crippen molar-refractivity contribution in [3.8, 4) is 0 Å². The number of amides is 1. The van der Waals surface area contributed by atoms with E-state index < -0.39 is 0 Å². The first-order valence-electron chi connectivity index (χ1n) is 7.92. The molecule has 0 aromatic heterocycles. The molecule has 4 nitrogen and oxygen atoms in total. The van der Waals surface area contributed by atoms with Crippen LogP contribution in [0.1, 0.15) is 31.2 Å². The molecule has 1 aliphatic heterocycles. The van der Waals surface area contributed by atoms with Gasteiger partial charge in [0.05, 0.1) is 13.2 Å². The molecule has 5 heteroatoms. The van der Waals surface area contributed by atoms with Crippen LogP contribution in [-0.4, -0.2) is 38.3 Å². The summed E-state index contributed by atoms with van der Waals surface area (Å²) in [5.74, 6) is 0.125. The largest absolute Gasteiger partial charge is 0.378 e. The molecule has 3 rings (SSSR count). The smallest absolute Gasteiger partial charge is 0.221 e. The highest BCUT2D eigenvalue weighted by atomic mass is 35.5. The van der Waals surface area contributed by atoms with Gasteiger partial charge in [-0.3, -0.25) is 4.79 Å². The molecule has 2 aliphatic rings. The summed E-state index contributed by atoms with van der Waals surface area (Å²) in [6.45, 7) is 2.97. The standard InChI is InChI=1S/C17H24N2O2.ClH/c20-16(11-15-12-21-10-9-18-15)19-13-17(7-4-8-17)14-5-2-1-3-6-14;/h1-3,5-6,15,18H,4,7-13H2,(H,19,20);1H. The summed E-state index contributed by atoms with van der Waals surface area (Å²) < 4.78 is 5.39. The third-order valence-corrected chi connectivity index (χ3v) is 4.75. The van der Waals surface area contributed by atoms with Crippen LogP contribution in [0.4, 0.5) is 0 Å². The van der Waals surface area contributed by atoms with E-state index in [0.29, 0.717) is 13.0 Å². The summed E-state index contributed by atoms with van der Waals surface area (Å²) in [5, 5.41) is 6.46. The van der Waals surface area contributed by atoms with E-state index in [4.69, 9.17) is 4.74 Å². The highest BCUT2D eigenvalue weighted by molar-refractivity contribution is 5.85. The van der Waals surface area contributed by atoms with Crippen LogP contribution >= 0.6 is 12.4 Å². The van der Waals surface area contributed by atoms with Crippen molar-refractivity contribution in [1.29, 1.82) is 0 Å². The zero-order chi connectivity index (χ0) is 14.5. The van der Waals surface area contributed by atoms with Gasteiger partial charge in [-0.25, -0.2) is 0 Å². The predicted molar refractivity (Wildman–Crippen MR) is 89.5 cm³/mol. The monoisotopic (exact) mass is 324 g/mol. The van der Waals surface area contributed by atoms with Gasteiger partial charge in [0.2, 0.25) is 5.91 Å². The van der Waals surface area contributed by atoms with Crippen LogP contribution in [0.3, 0.4) is 0 Å². The van der Waals surface area contributed by atoms with Crippen LogP contribution in [-0.2, 0) is 14.9 Å².